The molecule has 0 fully saturated rings. The van der Waals surface area contributed by atoms with Gasteiger partial charge in [0, 0.05) is 17.5 Å². The highest BCUT2D eigenvalue weighted by Crippen LogP contribution is 2.31. The fraction of sp³-hybridized carbons (Fsp3) is 0.417. The molecule has 3 rings (SSSR count). The van der Waals surface area contributed by atoms with Crippen LogP contribution in [-0.4, -0.2) is 31.4 Å². The Kier molecular flexibility index (Phi) is 6.83. The van der Waals surface area contributed by atoms with E-state index in [4.69, 9.17) is 4.99 Å². The molecule has 2 aromatic rings. The van der Waals surface area contributed by atoms with Crippen molar-refractivity contribution in [1.29, 1.82) is 0 Å². The summed E-state index contributed by atoms with van der Waals surface area (Å²) in [4.78, 5) is 17.8. The molecule has 1 amide bonds. The lowest BCUT2D eigenvalue weighted by molar-refractivity contribution is -0.126. The summed E-state index contributed by atoms with van der Waals surface area (Å²) in [6.07, 6.45) is 3.06. The van der Waals surface area contributed by atoms with Gasteiger partial charge in [-0.05, 0) is 18.9 Å². The highest BCUT2D eigenvalue weighted by atomic mass is 16.5. The quantitative estimate of drug-likeness (QED) is 0.550. The Labute approximate surface area is 173 Å². The van der Waals surface area contributed by atoms with E-state index in [0.29, 0.717) is 5.69 Å². The van der Waals surface area contributed by atoms with Crippen molar-refractivity contribution in [2.75, 3.05) is 13.6 Å². The predicted molar refractivity (Wildman–Crippen MR) is 120 cm³/mol. The molecule has 0 aliphatic carbocycles. The first-order chi connectivity index (χ1) is 14.0. The zero-order valence-electron chi connectivity index (χ0n) is 17.6. The van der Waals surface area contributed by atoms with Crippen LogP contribution < -0.4 is 9.96 Å². The number of aliphatic imine (C=N–C) groups is 1. The van der Waals surface area contributed by atoms with Crippen molar-refractivity contribution < 1.29 is 4.79 Å². The van der Waals surface area contributed by atoms with Gasteiger partial charge in [0.05, 0.1) is 18.3 Å². The van der Waals surface area contributed by atoms with Crippen LogP contribution in [0, 0.1) is 11.1 Å². The minimum Gasteiger partial charge on any atom is -0.627 e. The van der Waals surface area contributed by atoms with Crippen molar-refractivity contribution >= 4 is 17.3 Å². The molecule has 5 heteroatoms. The Balaban J connectivity index is 1.99. The number of likely N-dealkylation sites (N-methyl/N-ethyl adjacent to an activating group) is 1. The smallest absolute Gasteiger partial charge is 0.224 e. The van der Waals surface area contributed by atoms with Gasteiger partial charge in [-0.1, -0.05) is 69.2 Å². The van der Waals surface area contributed by atoms with Crippen molar-refractivity contribution in [2.45, 2.75) is 45.7 Å². The largest absolute Gasteiger partial charge is 0.627 e. The molecule has 5 nitrogen and oxygen atoms in total. The van der Waals surface area contributed by atoms with Gasteiger partial charge in [-0.15, -0.1) is 0 Å². The van der Waals surface area contributed by atoms with Crippen LogP contribution in [-0.2, 0) is 4.79 Å². The molecule has 1 unspecified atom stereocenters. The van der Waals surface area contributed by atoms with E-state index < -0.39 is 10.8 Å². The number of para-hydroxylation sites is 1. The zero-order chi connectivity index (χ0) is 20.9. The first-order valence-electron chi connectivity index (χ1n) is 10.6. The molecular formula is C24H31N3O2. The normalized spacial score (nSPS) is 21.3. The van der Waals surface area contributed by atoms with E-state index in [9.17, 15) is 10.0 Å². The number of hydrogen-bond donors (Lipinski definition) is 1. The predicted octanol–water partition coefficient (Wildman–Crippen LogP) is 4.63. The van der Waals surface area contributed by atoms with Gasteiger partial charge in [0.2, 0.25) is 5.91 Å². The number of fused-ring (bicyclic) bond motifs is 1. The molecule has 154 valence electrons. The molecule has 0 saturated heterocycles. The van der Waals surface area contributed by atoms with Crippen molar-refractivity contribution in [3.05, 3.63) is 70.9 Å². The van der Waals surface area contributed by atoms with E-state index in [1.54, 1.807) is 7.05 Å². The molecule has 1 heterocycles. The van der Waals surface area contributed by atoms with Crippen LogP contribution in [0.15, 0.2) is 59.6 Å². The average Bonchev–Trinajstić information content (AvgIpc) is 2.82. The Morgan fingerprint density at radius 1 is 1.10 bits per heavy atom. The summed E-state index contributed by atoms with van der Waals surface area (Å²) in [6, 6.07) is 17.5. The van der Waals surface area contributed by atoms with Gasteiger partial charge in [0.1, 0.15) is 12.2 Å². The van der Waals surface area contributed by atoms with Crippen LogP contribution in [0.2, 0.25) is 0 Å². The summed E-state index contributed by atoms with van der Waals surface area (Å²) in [5, 5.41) is 16.5. The lowest BCUT2D eigenvalue weighted by atomic mass is 9.97. The summed E-state index contributed by atoms with van der Waals surface area (Å²) in [5.74, 6) is -0.0303. The fourth-order valence-electron chi connectivity index (χ4n) is 4.07. The third-order valence-corrected chi connectivity index (χ3v) is 5.48. The average molecular weight is 394 g/mol. The number of quaternary nitrogens is 1. The number of benzodiazepines with no additional fused rings is 1. The van der Waals surface area contributed by atoms with E-state index in [0.717, 1.165) is 42.5 Å². The van der Waals surface area contributed by atoms with E-state index >= 15 is 0 Å². The molecule has 2 aromatic carbocycles. The van der Waals surface area contributed by atoms with Crippen molar-refractivity contribution in [3.63, 3.8) is 0 Å². The number of carbonyl (C=O) groups excluding carboxylic acids is 1. The molecule has 1 aliphatic rings. The van der Waals surface area contributed by atoms with Gasteiger partial charge in [-0.25, -0.2) is 0 Å². The van der Waals surface area contributed by atoms with Crippen molar-refractivity contribution in [3.8, 4) is 0 Å². The van der Waals surface area contributed by atoms with Crippen LogP contribution >= 0.6 is 0 Å². The van der Waals surface area contributed by atoms with Crippen LogP contribution in [0.25, 0.3) is 0 Å². The van der Waals surface area contributed by atoms with E-state index in [1.165, 1.54) is 0 Å². The monoisotopic (exact) mass is 393 g/mol. The lowest BCUT2D eigenvalue weighted by Crippen LogP contribution is -2.50. The third kappa shape index (κ3) is 4.92. The number of amides is 1. The van der Waals surface area contributed by atoms with Gasteiger partial charge in [-0.3, -0.25) is 9.79 Å². The van der Waals surface area contributed by atoms with Crippen LogP contribution in [0.4, 0.5) is 5.69 Å². The molecular weight excluding hydrogens is 362 g/mol. The SMILES string of the molecule is CCCC(CCC)C(=O)N[C@@H]1C[N+](C)([O-])c2ccccc2C(c2ccccc2)=N1. The highest BCUT2D eigenvalue weighted by molar-refractivity contribution is 6.16. The number of hydrogen-bond acceptors (Lipinski definition) is 3. The Hall–Kier alpha value is -2.50. The lowest BCUT2D eigenvalue weighted by Gasteiger charge is -2.39. The molecule has 0 saturated carbocycles. The Bertz CT molecular complexity index is 855. The molecule has 0 aromatic heterocycles. The molecule has 1 N–H and O–H groups in total. The van der Waals surface area contributed by atoms with Gasteiger partial charge < -0.3 is 15.2 Å². The van der Waals surface area contributed by atoms with Crippen LogP contribution in [0.3, 0.4) is 0 Å². The highest BCUT2D eigenvalue weighted by Gasteiger charge is 2.32. The number of nitrogens with zero attached hydrogens (tertiary/aromatic N) is 2. The Morgan fingerprint density at radius 2 is 1.72 bits per heavy atom. The summed E-state index contributed by atoms with van der Waals surface area (Å²) < 4.78 is -0.576. The topological polar surface area (TPSA) is 64.5 Å². The van der Waals surface area contributed by atoms with Crippen molar-refractivity contribution in [1.82, 2.24) is 9.96 Å². The summed E-state index contributed by atoms with van der Waals surface area (Å²) >= 11 is 0. The number of hydroxylamine groups is 2. The second kappa shape index (κ2) is 9.33. The first kappa shape index (κ1) is 21.2. The number of carbonyl (C=O) groups is 1. The summed E-state index contributed by atoms with van der Waals surface area (Å²) in [7, 11) is 1.64. The molecule has 1 aliphatic heterocycles. The summed E-state index contributed by atoms with van der Waals surface area (Å²) in [6.45, 7) is 4.36. The van der Waals surface area contributed by atoms with E-state index in [-0.39, 0.29) is 18.4 Å². The van der Waals surface area contributed by atoms with Crippen LogP contribution in [0.5, 0.6) is 0 Å². The zero-order valence-corrected chi connectivity index (χ0v) is 17.6. The standard InChI is InChI=1S/C24H31N3O2/c1-4-11-19(12-5-2)24(28)26-22-17-27(3,29)21-16-10-9-15-20(21)23(25-22)18-13-7-6-8-14-18/h6-10,13-16,19,22H,4-5,11-12,17H2,1-3H3,(H,26,28)/t22-,27?/m1/s1. The number of rotatable bonds is 7. The minimum atomic E-state index is -0.576. The summed E-state index contributed by atoms with van der Waals surface area (Å²) in [5.41, 5.74) is 3.20. The van der Waals surface area contributed by atoms with Gasteiger partial charge in [0.25, 0.3) is 0 Å². The van der Waals surface area contributed by atoms with Crippen LogP contribution in [0.1, 0.15) is 50.7 Å². The molecule has 0 spiro atoms. The maximum Gasteiger partial charge on any atom is 0.224 e. The van der Waals surface area contributed by atoms with E-state index in [1.807, 2.05) is 54.6 Å². The fourth-order valence-corrected chi connectivity index (χ4v) is 4.07. The number of benzene rings is 2. The van der Waals surface area contributed by atoms with Gasteiger partial charge in [-0.2, -0.15) is 0 Å². The third-order valence-electron chi connectivity index (χ3n) is 5.48. The number of nitrogens with one attached hydrogen (secondary N) is 1. The van der Waals surface area contributed by atoms with E-state index in [2.05, 4.69) is 19.2 Å². The first-order valence-corrected chi connectivity index (χ1v) is 10.6. The molecule has 29 heavy (non-hydrogen) atoms. The maximum absolute atomic E-state index is 13.5. The molecule has 0 radical (unpaired) electrons. The molecule has 2 atom stereocenters. The molecule has 0 bridgehead atoms. The van der Waals surface area contributed by atoms with Gasteiger partial charge >= 0.3 is 0 Å². The second-order valence-electron chi connectivity index (χ2n) is 7.94. The maximum atomic E-state index is 13.5. The second-order valence-corrected chi connectivity index (χ2v) is 7.94. The minimum absolute atomic E-state index is 0.000757. The van der Waals surface area contributed by atoms with Gasteiger partial charge in [0.15, 0.2) is 6.17 Å². The van der Waals surface area contributed by atoms with Crippen molar-refractivity contribution in [2.24, 2.45) is 10.9 Å². The Morgan fingerprint density at radius 3 is 2.38 bits per heavy atom.